The van der Waals surface area contributed by atoms with Gasteiger partial charge in [0, 0.05) is 18.8 Å². The lowest BCUT2D eigenvalue weighted by Gasteiger charge is -2.22. The largest absolute Gasteiger partial charge is 0.339 e. The molecule has 8 heteroatoms. The highest BCUT2D eigenvalue weighted by molar-refractivity contribution is 7.91. The molecule has 7 nitrogen and oxygen atoms in total. The van der Waals surface area contributed by atoms with Crippen molar-refractivity contribution in [2.45, 2.75) is 32.2 Å². The zero-order chi connectivity index (χ0) is 19.6. The average molecular weight is 388 g/mol. The van der Waals surface area contributed by atoms with Crippen LogP contribution in [0.3, 0.4) is 0 Å². The summed E-state index contributed by atoms with van der Waals surface area (Å²) in [6, 6.07) is 7.77. The van der Waals surface area contributed by atoms with Crippen LogP contribution < -0.4 is 5.32 Å². The molecule has 1 fully saturated rings. The third-order valence-corrected chi connectivity index (χ3v) is 6.55. The fourth-order valence-corrected chi connectivity index (χ4v) is 4.80. The van der Waals surface area contributed by atoms with Crippen molar-refractivity contribution in [1.29, 1.82) is 0 Å². The summed E-state index contributed by atoms with van der Waals surface area (Å²) in [7, 11) is -1.44. The van der Waals surface area contributed by atoms with Crippen LogP contribution in [-0.4, -0.2) is 53.8 Å². The molecule has 1 unspecified atom stereocenters. The summed E-state index contributed by atoms with van der Waals surface area (Å²) in [4.78, 5) is 22.4. The number of hydrogen-bond acceptors (Lipinski definition) is 6. The molecule has 1 aliphatic heterocycles. The van der Waals surface area contributed by atoms with Gasteiger partial charge in [0.15, 0.2) is 9.84 Å². The smallest absolute Gasteiger partial charge is 0.274 e. The highest BCUT2D eigenvalue weighted by Crippen LogP contribution is 2.20. The number of carbonyl (C=O) groups excluding carboxylic acids is 1. The predicted molar refractivity (Wildman–Crippen MR) is 105 cm³/mol. The summed E-state index contributed by atoms with van der Waals surface area (Å²) < 4.78 is 23.2. The van der Waals surface area contributed by atoms with Crippen LogP contribution in [0.25, 0.3) is 0 Å². The summed E-state index contributed by atoms with van der Waals surface area (Å²) in [5, 5.41) is 3.15. The third-order valence-electron chi connectivity index (χ3n) is 4.80. The van der Waals surface area contributed by atoms with Gasteiger partial charge in [0.25, 0.3) is 5.91 Å². The molecule has 2 aromatic rings. The van der Waals surface area contributed by atoms with Gasteiger partial charge in [0.2, 0.25) is 0 Å². The van der Waals surface area contributed by atoms with Crippen LogP contribution in [0.4, 0.5) is 11.5 Å². The second-order valence-electron chi connectivity index (χ2n) is 7.16. The Labute approximate surface area is 159 Å². The molecule has 1 aliphatic rings. The van der Waals surface area contributed by atoms with E-state index in [1.165, 1.54) is 22.9 Å². The van der Waals surface area contributed by atoms with E-state index in [9.17, 15) is 13.2 Å². The molecule has 3 rings (SSSR count). The normalized spacial score (nSPS) is 18.4. The van der Waals surface area contributed by atoms with Crippen molar-refractivity contribution in [2.24, 2.45) is 0 Å². The summed E-state index contributed by atoms with van der Waals surface area (Å²) in [6.07, 6.45) is 3.37. The van der Waals surface area contributed by atoms with Crippen LogP contribution in [-0.2, 0) is 9.84 Å². The van der Waals surface area contributed by atoms with Crippen LogP contribution in [0.2, 0.25) is 0 Å². The van der Waals surface area contributed by atoms with Crippen molar-refractivity contribution in [1.82, 2.24) is 14.9 Å². The first-order valence-corrected chi connectivity index (χ1v) is 10.7. The molecule has 0 aliphatic carbocycles. The Morgan fingerprint density at radius 1 is 1.19 bits per heavy atom. The van der Waals surface area contributed by atoms with Crippen LogP contribution in [0.5, 0.6) is 0 Å². The number of nitrogens with one attached hydrogen (secondary N) is 1. The number of benzene rings is 1. The fourth-order valence-electron chi connectivity index (χ4n) is 3.03. The third kappa shape index (κ3) is 4.63. The van der Waals surface area contributed by atoms with Gasteiger partial charge < -0.3 is 10.2 Å². The molecule has 1 aromatic heterocycles. The summed E-state index contributed by atoms with van der Waals surface area (Å²) in [6.45, 7) is 4.28. The molecule has 2 heterocycles. The van der Waals surface area contributed by atoms with Crippen molar-refractivity contribution >= 4 is 27.2 Å². The molecule has 1 saturated heterocycles. The van der Waals surface area contributed by atoms with E-state index in [4.69, 9.17) is 0 Å². The van der Waals surface area contributed by atoms with Gasteiger partial charge >= 0.3 is 0 Å². The van der Waals surface area contributed by atoms with E-state index in [-0.39, 0.29) is 29.1 Å². The highest BCUT2D eigenvalue weighted by Gasteiger charge is 2.33. The molecule has 0 saturated carbocycles. The number of aromatic nitrogens is 2. The first-order chi connectivity index (χ1) is 12.7. The van der Waals surface area contributed by atoms with E-state index < -0.39 is 9.84 Å². The van der Waals surface area contributed by atoms with Crippen LogP contribution in [0.1, 0.15) is 42.2 Å². The zero-order valence-electron chi connectivity index (χ0n) is 15.7. The van der Waals surface area contributed by atoms with Gasteiger partial charge in [-0.05, 0) is 30.0 Å². The summed E-state index contributed by atoms with van der Waals surface area (Å²) in [5.74, 6) is 0.817. The number of hydrogen-bond donors (Lipinski definition) is 1. The number of carbonyl (C=O) groups is 1. The molecule has 1 aromatic carbocycles. The van der Waals surface area contributed by atoms with Gasteiger partial charge in [-0.1, -0.05) is 26.0 Å². The zero-order valence-corrected chi connectivity index (χ0v) is 16.5. The van der Waals surface area contributed by atoms with E-state index >= 15 is 0 Å². The van der Waals surface area contributed by atoms with Crippen molar-refractivity contribution in [3.05, 3.63) is 47.9 Å². The van der Waals surface area contributed by atoms with Crippen molar-refractivity contribution < 1.29 is 13.2 Å². The van der Waals surface area contributed by atoms with E-state index in [0.29, 0.717) is 18.2 Å². The highest BCUT2D eigenvalue weighted by atomic mass is 32.2. The van der Waals surface area contributed by atoms with E-state index in [2.05, 4.69) is 41.3 Å². The Morgan fingerprint density at radius 2 is 1.89 bits per heavy atom. The van der Waals surface area contributed by atoms with Crippen LogP contribution >= 0.6 is 0 Å². The molecule has 0 bridgehead atoms. The summed E-state index contributed by atoms with van der Waals surface area (Å²) in [5.41, 5.74) is 2.34. The fraction of sp³-hybridized carbons (Fsp3) is 0.421. The SMILES string of the molecule is CC(C)c1ccc(Nc2cnc(C(=O)N(C)C3CCS(=O)(=O)C3)cn2)cc1. The monoisotopic (exact) mass is 388 g/mol. The van der Waals surface area contributed by atoms with Gasteiger partial charge in [-0.2, -0.15) is 0 Å². The minimum Gasteiger partial charge on any atom is -0.339 e. The lowest BCUT2D eigenvalue weighted by Crippen LogP contribution is -2.38. The molecule has 0 spiro atoms. The maximum atomic E-state index is 12.5. The van der Waals surface area contributed by atoms with Crippen molar-refractivity contribution in [3.8, 4) is 0 Å². The van der Waals surface area contributed by atoms with Gasteiger partial charge in [-0.25, -0.2) is 18.4 Å². The van der Waals surface area contributed by atoms with E-state index in [0.717, 1.165) is 5.69 Å². The van der Waals surface area contributed by atoms with Gasteiger partial charge in [0.05, 0.1) is 23.9 Å². The van der Waals surface area contributed by atoms with Gasteiger partial charge in [-0.3, -0.25) is 4.79 Å². The van der Waals surface area contributed by atoms with Crippen LogP contribution in [0.15, 0.2) is 36.7 Å². The average Bonchev–Trinajstić information content (AvgIpc) is 3.01. The van der Waals surface area contributed by atoms with E-state index in [1.54, 1.807) is 7.05 Å². The summed E-state index contributed by atoms with van der Waals surface area (Å²) >= 11 is 0. The Balaban J connectivity index is 1.65. The number of nitrogens with zero attached hydrogens (tertiary/aromatic N) is 3. The topological polar surface area (TPSA) is 92.3 Å². The second kappa shape index (κ2) is 7.64. The maximum absolute atomic E-state index is 12.5. The molecule has 1 atom stereocenters. The Bertz CT molecular complexity index is 909. The number of anilines is 2. The first kappa shape index (κ1) is 19.3. The quantitative estimate of drug-likeness (QED) is 0.846. The van der Waals surface area contributed by atoms with E-state index in [1.807, 2.05) is 12.1 Å². The molecule has 144 valence electrons. The molecule has 27 heavy (non-hydrogen) atoms. The minimum absolute atomic E-state index is 0.00861. The van der Waals surface area contributed by atoms with Gasteiger partial charge in [-0.15, -0.1) is 0 Å². The maximum Gasteiger partial charge on any atom is 0.274 e. The number of rotatable bonds is 5. The number of sulfone groups is 1. The second-order valence-corrected chi connectivity index (χ2v) is 9.39. The standard InChI is InChI=1S/C19H24N4O3S/c1-13(2)14-4-6-15(7-5-14)22-18-11-20-17(10-21-18)19(24)23(3)16-8-9-27(25,26)12-16/h4-7,10-11,13,16H,8-9,12H2,1-3H3,(H,21,22). The van der Waals surface area contributed by atoms with Crippen molar-refractivity contribution in [3.63, 3.8) is 0 Å². The lowest BCUT2D eigenvalue weighted by atomic mass is 10.0. The van der Waals surface area contributed by atoms with Crippen molar-refractivity contribution in [2.75, 3.05) is 23.9 Å². The molecule has 0 radical (unpaired) electrons. The number of amides is 1. The molecule has 1 N–H and O–H groups in total. The Morgan fingerprint density at radius 3 is 2.41 bits per heavy atom. The minimum atomic E-state index is -3.05. The Hall–Kier alpha value is -2.48. The predicted octanol–water partition coefficient (Wildman–Crippen LogP) is 2.60. The van der Waals surface area contributed by atoms with Crippen LogP contribution in [0, 0.1) is 0 Å². The molecular formula is C19H24N4O3S. The first-order valence-electron chi connectivity index (χ1n) is 8.92. The Kier molecular flexibility index (Phi) is 5.46. The van der Waals surface area contributed by atoms with Gasteiger partial charge in [0.1, 0.15) is 11.5 Å². The lowest BCUT2D eigenvalue weighted by molar-refractivity contribution is 0.0741. The molecule has 1 amide bonds. The molecular weight excluding hydrogens is 364 g/mol.